The Hall–Kier alpha value is -1.06. The Bertz CT molecular complexity index is 344. The standard InChI is InChI=1S/C15H28N2O2/c1-7-15(6)14(19)17(9-13(18)16-15)8-12(10(2)3)11(4)5/h10-12H,7-9H2,1-6H3,(H,16,18). The van der Waals surface area contributed by atoms with Gasteiger partial charge in [0.05, 0.1) is 6.54 Å². The Balaban J connectivity index is 2.87. The highest BCUT2D eigenvalue weighted by molar-refractivity contribution is 5.97. The van der Waals surface area contributed by atoms with Crippen molar-refractivity contribution >= 4 is 11.8 Å². The van der Waals surface area contributed by atoms with Crippen LogP contribution in [0.15, 0.2) is 0 Å². The van der Waals surface area contributed by atoms with Crippen LogP contribution in [0.2, 0.25) is 0 Å². The van der Waals surface area contributed by atoms with Gasteiger partial charge in [-0.3, -0.25) is 9.59 Å². The molecule has 2 amide bonds. The number of rotatable bonds is 5. The summed E-state index contributed by atoms with van der Waals surface area (Å²) < 4.78 is 0. The molecule has 0 spiro atoms. The normalized spacial score (nSPS) is 24.6. The van der Waals surface area contributed by atoms with Gasteiger partial charge in [0, 0.05) is 6.54 Å². The predicted molar refractivity (Wildman–Crippen MR) is 76.6 cm³/mol. The maximum atomic E-state index is 12.5. The van der Waals surface area contributed by atoms with E-state index in [1.165, 1.54) is 0 Å². The van der Waals surface area contributed by atoms with E-state index < -0.39 is 5.54 Å². The molecule has 1 fully saturated rings. The number of nitrogens with zero attached hydrogens (tertiary/aromatic N) is 1. The fourth-order valence-electron chi connectivity index (χ4n) is 2.83. The molecule has 0 saturated carbocycles. The van der Waals surface area contributed by atoms with Gasteiger partial charge in [0.25, 0.3) is 0 Å². The largest absolute Gasteiger partial charge is 0.340 e. The SMILES string of the molecule is CCC1(C)NC(=O)CN(CC(C(C)C)C(C)C)C1=O. The van der Waals surface area contributed by atoms with Crippen molar-refractivity contribution in [2.45, 2.75) is 53.5 Å². The zero-order chi connectivity index (χ0) is 14.8. The number of hydrogen-bond acceptors (Lipinski definition) is 2. The molecule has 1 unspecified atom stereocenters. The van der Waals surface area contributed by atoms with E-state index in [0.29, 0.717) is 30.7 Å². The van der Waals surface area contributed by atoms with Crippen LogP contribution >= 0.6 is 0 Å². The van der Waals surface area contributed by atoms with Crippen LogP contribution in [0.4, 0.5) is 0 Å². The number of carbonyl (C=O) groups is 2. The van der Waals surface area contributed by atoms with Gasteiger partial charge in [-0.2, -0.15) is 0 Å². The number of amides is 2. The third kappa shape index (κ3) is 3.48. The summed E-state index contributed by atoms with van der Waals surface area (Å²) in [5, 5.41) is 2.82. The van der Waals surface area contributed by atoms with Gasteiger partial charge in [0.2, 0.25) is 11.8 Å². The van der Waals surface area contributed by atoms with Crippen molar-refractivity contribution in [2.75, 3.05) is 13.1 Å². The van der Waals surface area contributed by atoms with Gasteiger partial charge in [-0.25, -0.2) is 0 Å². The summed E-state index contributed by atoms with van der Waals surface area (Å²) in [5.74, 6) is 1.45. The summed E-state index contributed by atoms with van der Waals surface area (Å²) in [6.07, 6.45) is 0.627. The zero-order valence-corrected chi connectivity index (χ0v) is 13.1. The highest BCUT2D eigenvalue weighted by Crippen LogP contribution is 2.25. The Labute approximate surface area is 116 Å². The van der Waals surface area contributed by atoms with Gasteiger partial charge >= 0.3 is 0 Å². The molecule has 1 heterocycles. The van der Waals surface area contributed by atoms with E-state index >= 15 is 0 Å². The van der Waals surface area contributed by atoms with Crippen molar-refractivity contribution in [3.8, 4) is 0 Å². The Morgan fingerprint density at radius 1 is 1.21 bits per heavy atom. The lowest BCUT2D eigenvalue weighted by atomic mass is 9.84. The van der Waals surface area contributed by atoms with Crippen LogP contribution in [0.1, 0.15) is 48.0 Å². The lowest BCUT2D eigenvalue weighted by Crippen LogP contribution is -2.65. The maximum Gasteiger partial charge on any atom is 0.248 e. The predicted octanol–water partition coefficient (Wildman–Crippen LogP) is 2.04. The molecule has 19 heavy (non-hydrogen) atoms. The average molecular weight is 268 g/mol. The number of carbonyl (C=O) groups excluding carboxylic acids is 2. The molecule has 4 heteroatoms. The molecular weight excluding hydrogens is 240 g/mol. The van der Waals surface area contributed by atoms with Gasteiger partial charge in [0.1, 0.15) is 5.54 Å². The summed E-state index contributed by atoms with van der Waals surface area (Å²) >= 11 is 0. The lowest BCUT2D eigenvalue weighted by Gasteiger charge is -2.41. The van der Waals surface area contributed by atoms with Crippen LogP contribution in [-0.2, 0) is 9.59 Å². The number of nitrogens with one attached hydrogen (secondary N) is 1. The molecule has 0 radical (unpaired) electrons. The van der Waals surface area contributed by atoms with Crippen molar-refractivity contribution in [2.24, 2.45) is 17.8 Å². The van der Waals surface area contributed by atoms with E-state index in [2.05, 4.69) is 33.0 Å². The van der Waals surface area contributed by atoms with Gasteiger partial charge in [-0.1, -0.05) is 34.6 Å². The van der Waals surface area contributed by atoms with Gasteiger partial charge in [0.15, 0.2) is 0 Å². The van der Waals surface area contributed by atoms with Crippen molar-refractivity contribution in [3.05, 3.63) is 0 Å². The molecule has 0 aromatic carbocycles. The quantitative estimate of drug-likeness (QED) is 0.829. The Morgan fingerprint density at radius 3 is 2.16 bits per heavy atom. The smallest absolute Gasteiger partial charge is 0.248 e. The molecular formula is C15H28N2O2. The third-order valence-electron chi connectivity index (χ3n) is 4.36. The van der Waals surface area contributed by atoms with Gasteiger partial charge < -0.3 is 10.2 Å². The Kier molecular flexibility index (Phi) is 4.99. The monoisotopic (exact) mass is 268 g/mol. The van der Waals surface area contributed by atoms with Crippen LogP contribution in [-0.4, -0.2) is 35.3 Å². The van der Waals surface area contributed by atoms with Crippen molar-refractivity contribution < 1.29 is 9.59 Å². The van der Waals surface area contributed by atoms with Gasteiger partial charge in [-0.15, -0.1) is 0 Å². The first-order chi connectivity index (χ1) is 8.71. The highest BCUT2D eigenvalue weighted by Gasteiger charge is 2.42. The maximum absolute atomic E-state index is 12.5. The van der Waals surface area contributed by atoms with Crippen molar-refractivity contribution in [3.63, 3.8) is 0 Å². The van der Waals surface area contributed by atoms with E-state index in [9.17, 15) is 9.59 Å². The lowest BCUT2D eigenvalue weighted by molar-refractivity contribution is -0.150. The fourth-order valence-corrected chi connectivity index (χ4v) is 2.83. The summed E-state index contributed by atoms with van der Waals surface area (Å²) in [6.45, 7) is 13.3. The molecule has 4 nitrogen and oxygen atoms in total. The summed E-state index contributed by atoms with van der Waals surface area (Å²) in [7, 11) is 0. The summed E-state index contributed by atoms with van der Waals surface area (Å²) in [6, 6.07) is 0. The van der Waals surface area contributed by atoms with E-state index in [-0.39, 0.29) is 18.4 Å². The van der Waals surface area contributed by atoms with Crippen LogP contribution < -0.4 is 5.32 Å². The van der Waals surface area contributed by atoms with E-state index in [0.717, 1.165) is 0 Å². The molecule has 0 aromatic rings. The summed E-state index contributed by atoms with van der Waals surface area (Å²) in [4.78, 5) is 26.1. The second-order valence-corrected chi connectivity index (χ2v) is 6.57. The fraction of sp³-hybridized carbons (Fsp3) is 0.867. The van der Waals surface area contributed by atoms with E-state index in [1.807, 2.05) is 13.8 Å². The number of hydrogen-bond donors (Lipinski definition) is 1. The Morgan fingerprint density at radius 2 is 1.74 bits per heavy atom. The third-order valence-corrected chi connectivity index (χ3v) is 4.36. The van der Waals surface area contributed by atoms with Crippen LogP contribution in [0.3, 0.4) is 0 Å². The first-order valence-corrected chi connectivity index (χ1v) is 7.31. The minimum atomic E-state index is -0.728. The van der Waals surface area contributed by atoms with Gasteiger partial charge in [-0.05, 0) is 31.1 Å². The molecule has 1 N–H and O–H groups in total. The second-order valence-electron chi connectivity index (χ2n) is 6.57. The van der Waals surface area contributed by atoms with Crippen molar-refractivity contribution in [1.29, 1.82) is 0 Å². The first kappa shape index (κ1) is 16.0. The molecule has 0 aliphatic carbocycles. The van der Waals surface area contributed by atoms with Crippen LogP contribution in [0, 0.1) is 17.8 Å². The molecule has 110 valence electrons. The average Bonchev–Trinajstić information content (AvgIpc) is 2.30. The number of piperazine rings is 1. The molecule has 1 aliphatic heterocycles. The highest BCUT2D eigenvalue weighted by atomic mass is 16.2. The second kappa shape index (κ2) is 5.93. The zero-order valence-electron chi connectivity index (χ0n) is 13.1. The van der Waals surface area contributed by atoms with Crippen LogP contribution in [0.5, 0.6) is 0 Å². The molecule has 1 atom stereocenters. The van der Waals surface area contributed by atoms with E-state index in [1.54, 1.807) is 4.90 Å². The minimum Gasteiger partial charge on any atom is -0.340 e. The van der Waals surface area contributed by atoms with Crippen molar-refractivity contribution in [1.82, 2.24) is 10.2 Å². The minimum absolute atomic E-state index is 0.0461. The topological polar surface area (TPSA) is 49.4 Å². The van der Waals surface area contributed by atoms with Crippen LogP contribution in [0.25, 0.3) is 0 Å². The summed E-state index contributed by atoms with van der Waals surface area (Å²) in [5.41, 5.74) is -0.728. The molecule has 1 rings (SSSR count). The van der Waals surface area contributed by atoms with E-state index in [4.69, 9.17) is 0 Å². The molecule has 0 bridgehead atoms. The molecule has 1 saturated heterocycles. The first-order valence-electron chi connectivity index (χ1n) is 7.31. The molecule has 0 aromatic heterocycles. The molecule has 1 aliphatic rings.